The Labute approximate surface area is 473 Å². The summed E-state index contributed by atoms with van der Waals surface area (Å²) in [5.41, 5.74) is 10.0. The van der Waals surface area contributed by atoms with Crippen molar-refractivity contribution in [2.75, 3.05) is 86.5 Å². The van der Waals surface area contributed by atoms with Crippen LogP contribution in [-0.4, -0.2) is 119 Å². The first-order chi connectivity index (χ1) is 38.0. The van der Waals surface area contributed by atoms with E-state index in [1.54, 1.807) is 52.7 Å². The number of anilines is 3. The van der Waals surface area contributed by atoms with Gasteiger partial charge in [0.15, 0.2) is 11.5 Å². The number of rotatable bonds is 27. The second-order valence-corrected chi connectivity index (χ2v) is 26.2. The van der Waals surface area contributed by atoms with Gasteiger partial charge in [0.25, 0.3) is 21.9 Å². The van der Waals surface area contributed by atoms with Gasteiger partial charge in [0.2, 0.25) is 0 Å². The van der Waals surface area contributed by atoms with E-state index in [2.05, 4.69) is 43.0 Å². The Balaban J connectivity index is 1.02. The SMILES string of the molecule is COCCOCCOCCN(CC(C)(C)SSCCCC(C)=O)c1cc(COc2cc3c(cc2C)C(=O)N2c4ccccc4C[C@H]2CC3)cc(COc2cc3c(cc2OC)C(=O)N2c4ccccc4C[C@H]2C(CS(=O)(=O)O)C3)c1. The van der Waals surface area contributed by atoms with E-state index >= 15 is 0 Å². The van der Waals surface area contributed by atoms with Gasteiger partial charge in [-0.25, -0.2) is 0 Å². The Kier molecular flexibility index (Phi) is 19.0. The van der Waals surface area contributed by atoms with Crippen molar-refractivity contribution >= 4 is 66.4 Å². The Morgan fingerprint density at radius 3 is 2.08 bits per heavy atom. The standard InChI is InChI=1S/C61H73N3O12S3/c1-40-26-51-44(17-18-49-31-45-13-7-9-15-53(45)63(49)59(51)66)33-56(40)75-36-42-27-43(29-50(28-42)62(19-20-73-23-24-74-22-21-71-5)39-61(3,4)78-77-25-11-12-41(2)65)37-76-58-34-47-30-48(38-79(68,69)70)55-32-46-14-8-10-16-54(46)64(55)60(67)52(47)35-57(58)72-6/h7-10,13-16,26-29,33-35,48-49,55H,11-12,17-25,30-32,36-39H2,1-6H3,(H,68,69,70)/t48?,49-,55+/m1/s1. The maximum absolute atomic E-state index is 14.6. The average molecular weight is 1140 g/mol. The number of Topliss-reactive ketones (excluding diaryl/α,β-unsaturated/α-hetero) is 1. The Hall–Kier alpha value is -5.60. The van der Waals surface area contributed by atoms with Crippen molar-refractivity contribution in [1.82, 2.24) is 0 Å². The van der Waals surface area contributed by atoms with Gasteiger partial charge in [0, 0.05) is 83.3 Å². The lowest BCUT2D eigenvalue weighted by atomic mass is 9.91. The minimum absolute atomic E-state index is 0.0226. The number of amides is 2. The predicted octanol–water partition coefficient (Wildman–Crippen LogP) is 10.3. The summed E-state index contributed by atoms with van der Waals surface area (Å²) >= 11 is 0. The molecule has 0 spiro atoms. The zero-order valence-electron chi connectivity index (χ0n) is 46.1. The smallest absolute Gasteiger partial charge is 0.265 e. The van der Waals surface area contributed by atoms with Crippen LogP contribution in [0, 0.1) is 12.8 Å². The number of para-hydroxylation sites is 2. The van der Waals surface area contributed by atoms with Gasteiger partial charge in [0.1, 0.15) is 24.7 Å². The van der Waals surface area contributed by atoms with Gasteiger partial charge in [-0.3, -0.25) is 14.1 Å². The monoisotopic (exact) mass is 1140 g/mol. The molecule has 15 nitrogen and oxygen atoms in total. The summed E-state index contributed by atoms with van der Waals surface area (Å²) in [5, 5.41) is 0. The van der Waals surface area contributed by atoms with Crippen LogP contribution in [0.15, 0.2) is 91.0 Å². The van der Waals surface area contributed by atoms with Crippen molar-refractivity contribution in [3.05, 3.63) is 141 Å². The second kappa shape index (κ2) is 25.9. The van der Waals surface area contributed by atoms with E-state index in [1.165, 1.54) is 12.7 Å². The molecule has 5 aromatic carbocycles. The highest BCUT2D eigenvalue weighted by Gasteiger charge is 2.44. The zero-order chi connectivity index (χ0) is 55.8. The molecule has 0 aliphatic carbocycles. The molecular weight excluding hydrogens is 1060 g/mol. The van der Waals surface area contributed by atoms with E-state index < -0.39 is 27.8 Å². The molecular formula is C61H73N3O12S3. The van der Waals surface area contributed by atoms with Crippen molar-refractivity contribution in [1.29, 1.82) is 0 Å². The fourth-order valence-electron chi connectivity index (χ4n) is 11.4. The third kappa shape index (κ3) is 14.3. The molecule has 4 aliphatic rings. The van der Waals surface area contributed by atoms with Crippen molar-refractivity contribution in [3.8, 4) is 17.2 Å². The summed E-state index contributed by atoms with van der Waals surface area (Å²) < 4.78 is 71.4. The fourth-order valence-corrected chi connectivity index (χ4v) is 14.9. The lowest BCUT2D eigenvalue weighted by Gasteiger charge is -2.34. The highest BCUT2D eigenvalue weighted by atomic mass is 33.1. The molecule has 9 rings (SSSR count). The van der Waals surface area contributed by atoms with Gasteiger partial charge in [-0.05, 0) is 160 Å². The molecule has 0 aromatic heterocycles. The van der Waals surface area contributed by atoms with Crippen LogP contribution in [0.1, 0.15) is 99.7 Å². The van der Waals surface area contributed by atoms with E-state index in [0.717, 1.165) is 76.3 Å². The van der Waals surface area contributed by atoms with E-state index in [4.69, 9.17) is 28.4 Å². The van der Waals surface area contributed by atoms with E-state index in [1.807, 2.05) is 66.4 Å². The van der Waals surface area contributed by atoms with Crippen LogP contribution in [0.5, 0.6) is 17.2 Å². The maximum atomic E-state index is 14.6. The van der Waals surface area contributed by atoms with E-state index in [-0.39, 0.29) is 48.0 Å². The molecule has 4 heterocycles. The molecule has 18 heteroatoms. The Morgan fingerprint density at radius 2 is 1.38 bits per heavy atom. The van der Waals surface area contributed by atoms with Gasteiger partial charge in [-0.2, -0.15) is 8.42 Å². The van der Waals surface area contributed by atoms with Gasteiger partial charge >= 0.3 is 0 Å². The molecule has 3 atom stereocenters. The fraction of sp³-hybridized carbons (Fsp3) is 0.459. The summed E-state index contributed by atoms with van der Waals surface area (Å²) in [4.78, 5) is 46.5. The molecule has 79 heavy (non-hydrogen) atoms. The van der Waals surface area contributed by atoms with Crippen LogP contribution in [-0.2, 0) is 68.0 Å². The van der Waals surface area contributed by atoms with Gasteiger partial charge in [-0.1, -0.05) is 58.0 Å². The molecule has 0 bridgehead atoms. The summed E-state index contributed by atoms with van der Waals surface area (Å²) in [7, 11) is 2.33. The van der Waals surface area contributed by atoms with Crippen LogP contribution < -0.4 is 28.9 Å². The van der Waals surface area contributed by atoms with Gasteiger partial charge in [0.05, 0.1) is 45.9 Å². The van der Waals surface area contributed by atoms with Gasteiger partial charge in [-0.15, -0.1) is 0 Å². The molecule has 1 N–H and O–H groups in total. The van der Waals surface area contributed by atoms with Crippen LogP contribution in [0.2, 0.25) is 0 Å². The first-order valence-corrected chi connectivity index (χ1v) is 31.1. The number of methoxy groups -OCH3 is 2. The molecule has 0 saturated carbocycles. The number of ketones is 1. The maximum Gasteiger partial charge on any atom is 0.265 e. The first-order valence-electron chi connectivity index (χ1n) is 27.2. The zero-order valence-corrected chi connectivity index (χ0v) is 48.6. The number of hydrogen-bond acceptors (Lipinski definition) is 14. The lowest BCUT2D eigenvalue weighted by molar-refractivity contribution is -0.117. The molecule has 0 radical (unpaired) electrons. The van der Waals surface area contributed by atoms with E-state index in [0.29, 0.717) is 92.9 Å². The number of carbonyl (C=O) groups is 3. The van der Waals surface area contributed by atoms with Crippen molar-refractivity contribution in [2.45, 2.75) is 103 Å². The number of fused-ring (bicyclic) bond motifs is 8. The Morgan fingerprint density at radius 1 is 0.747 bits per heavy atom. The number of carbonyl (C=O) groups excluding carboxylic acids is 3. The lowest BCUT2D eigenvalue weighted by Crippen LogP contribution is -2.43. The highest BCUT2D eigenvalue weighted by molar-refractivity contribution is 8.77. The number of aryl methyl sites for hydroxylation is 2. The third-order valence-corrected chi connectivity index (χ3v) is 19.3. The topological polar surface area (TPSA) is 171 Å². The number of ether oxygens (including phenoxy) is 6. The van der Waals surface area contributed by atoms with E-state index in [9.17, 15) is 27.4 Å². The summed E-state index contributed by atoms with van der Waals surface area (Å²) in [6.07, 6.45) is 4.47. The van der Waals surface area contributed by atoms with Crippen molar-refractivity contribution < 1.29 is 55.8 Å². The number of benzene rings is 5. The molecule has 4 aliphatic heterocycles. The van der Waals surface area contributed by atoms with Crippen LogP contribution >= 0.6 is 21.6 Å². The minimum Gasteiger partial charge on any atom is -0.493 e. The first kappa shape index (κ1) is 58.1. The average Bonchev–Trinajstić information content (AvgIpc) is 4.10. The molecule has 0 fully saturated rings. The second-order valence-electron chi connectivity index (χ2n) is 21.6. The van der Waals surface area contributed by atoms with Crippen LogP contribution in [0.25, 0.3) is 0 Å². The Bertz CT molecular complexity index is 3130. The van der Waals surface area contributed by atoms with Crippen molar-refractivity contribution in [3.63, 3.8) is 0 Å². The summed E-state index contributed by atoms with van der Waals surface area (Å²) in [5.74, 6) is 1.10. The summed E-state index contributed by atoms with van der Waals surface area (Å²) in [6.45, 7) is 11.8. The predicted molar refractivity (Wildman–Crippen MR) is 312 cm³/mol. The quantitative estimate of drug-likeness (QED) is 0.0299. The molecule has 2 amide bonds. The van der Waals surface area contributed by atoms with Crippen LogP contribution in [0.3, 0.4) is 0 Å². The highest BCUT2D eigenvalue weighted by Crippen LogP contribution is 2.44. The number of hydrogen-bond donors (Lipinski definition) is 1. The molecule has 5 aromatic rings. The molecule has 1 unspecified atom stereocenters. The van der Waals surface area contributed by atoms with Gasteiger partial charge < -0.3 is 47.9 Å². The summed E-state index contributed by atoms with van der Waals surface area (Å²) in [6, 6.07) is 29.2. The third-order valence-electron chi connectivity index (χ3n) is 15.1. The minimum atomic E-state index is -4.41. The largest absolute Gasteiger partial charge is 0.493 e. The normalized spacial score (nSPS) is 17.5. The molecule has 422 valence electrons. The van der Waals surface area contributed by atoms with Crippen LogP contribution in [0.4, 0.5) is 17.1 Å². The number of nitrogens with zero attached hydrogens (tertiary/aromatic N) is 3. The van der Waals surface area contributed by atoms with Crippen molar-refractivity contribution in [2.24, 2.45) is 5.92 Å². The molecule has 0 saturated heterocycles.